The SMILES string of the molecule is [2H]C([2H])(O)c1cc([C@]([2H])(O)CNC(C)(C)C)ccc1O. The van der Waals surface area contributed by atoms with Crippen LogP contribution in [0.15, 0.2) is 18.2 Å². The number of aliphatic hydroxyl groups is 2. The van der Waals surface area contributed by atoms with Gasteiger partial charge in [0, 0.05) is 17.6 Å². The van der Waals surface area contributed by atoms with E-state index in [2.05, 4.69) is 5.32 Å². The fraction of sp³-hybridized carbons (Fsp3) is 0.538. The topological polar surface area (TPSA) is 72.7 Å². The first-order valence-electron chi connectivity index (χ1n) is 6.87. The van der Waals surface area contributed by atoms with Gasteiger partial charge in [-0.3, -0.25) is 0 Å². The van der Waals surface area contributed by atoms with Crippen molar-refractivity contribution in [1.82, 2.24) is 5.32 Å². The molecule has 0 saturated carbocycles. The van der Waals surface area contributed by atoms with Crippen LogP contribution in [0.1, 0.15) is 42.1 Å². The fourth-order valence-electron chi connectivity index (χ4n) is 1.26. The predicted octanol–water partition coefficient (Wildman–Crippen LogP) is 1.31. The zero-order chi connectivity index (χ0) is 15.8. The van der Waals surface area contributed by atoms with Gasteiger partial charge >= 0.3 is 0 Å². The van der Waals surface area contributed by atoms with E-state index in [4.69, 9.17) is 4.11 Å². The van der Waals surface area contributed by atoms with E-state index < -0.39 is 18.4 Å². The van der Waals surface area contributed by atoms with E-state index in [1.165, 1.54) is 6.07 Å². The van der Waals surface area contributed by atoms with Crippen molar-refractivity contribution in [3.63, 3.8) is 0 Å². The lowest BCUT2D eigenvalue weighted by atomic mass is 10.0. The smallest absolute Gasteiger partial charge is 0.121 e. The molecule has 4 heteroatoms. The molecule has 0 amide bonds. The Labute approximate surface area is 106 Å². The number of nitrogens with one attached hydrogen (secondary N) is 1. The highest BCUT2D eigenvalue weighted by molar-refractivity contribution is 5.36. The van der Waals surface area contributed by atoms with Crippen molar-refractivity contribution in [2.24, 2.45) is 0 Å². The van der Waals surface area contributed by atoms with Crippen LogP contribution in [-0.2, 0) is 6.56 Å². The lowest BCUT2D eigenvalue weighted by Gasteiger charge is -2.23. The molecule has 0 spiro atoms. The molecule has 0 saturated heterocycles. The second-order valence-corrected chi connectivity index (χ2v) is 4.89. The second-order valence-electron chi connectivity index (χ2n) is 4.89. The van der Waals surface area contributed by atoms with Crippen LogP contribution in [0.2, 0.25) is 0 Å². The maximum absolute atomic E-state index is 10.1. The molecule has 1 aromatic rings. The molecular formula is C13H21NO3. The maximum Gasteiger partial charge on any atom is 0.121 e. The molecule has 0 bridgehead atoms. The number of aromatic hydroxyl groups is 1. The fourth-order valence-corrected chi connectivity index (χ4v) is 1.26. The number of hydrogen-bond donors (Lipinski definition) is 4. The van der Waals surface area contributed by atoms with Gasteiger partial charge in [-0.25, -0.2) is 0 Å². The molecule has 96 valence electrons. The first kappa shape index (κ1) is 9.88. The quantitative estimate of drug-likeness (QED) is 0.642. The van der Waals surface area contributed by atoms with E-state index in [1.807, 2.05) is 20.8 Å². The molecule has 0 aliphatic heterocycles. The molecule has 0 unspecified atom stereocenters. The van der Waals surface area contributed by atoms with E-state index in [0.29, 0.717) is 0 Å². The lowest BCUT2D eigenvalue weighted by molar-refractivity contribution is 0.163. The van der Waals surface area contributed by atoms with E-state index in [1.54, 1.807) is 0 Å². The average Bonchev–Trinajstić information content (AvgIpc) is 2.24. The summed E-state index contributed by atoms with van der Waals surface area (Å²) in [5, 5.41) is 32.0. The molecule has 0 fully saturated rings. The second kappa shape index (κ2) is 5.49. The van der Waals surface area contributed by atoms with Crippen molar-refractivity contribution in [3.8, 4) is 5.75 Å². The van der Waals surface area contributed by atoms with Crippen molar-refractivity contribution in [1.29, 1.82) is 0 Å². The summed E-state index contributed by atoms with van der Waals surface area (Å²) in [6.07, 6.45) is -2.00. The van der Waals surface area contributed by atoms with Crippen molar-refractivity contribution in [2.75, 3.05) is 6.54 Å². The molecule has 1 atom stereocenters. The molecule has 17 heavy (non-hydrogen) atoms. The van der Waals surface area contributed by atoms with E-state index in [9.17, 15) is 15.3 Å². The molecule has 0 heterocycles. The molecule has 0 aliphatic carbocycles. The highest BCUT2D eigenvalue weighted by Gasteiger charge is 2.14. The standard InChI is InChI=1S/C13H21NO3/c1-13(2,3)14-7-12(17)9-4-5-11(16)10(6-9)8-15/h4-6,12,14-17H,7-8H2,1-3H3/t12-/m1/s1/i8D2,12D. The van der Waals surface area contributed by atoms with Crippen molar-refractivity contribution < 1.29 is 19.4 Å². The highest BCUT2D eigenvalue weighted by Crippen LogP contribution is 2.22. The third-order valence-corrected chi connectivity index (χ3v) is 2.24. The molecule has 4 N–H and O–H groups in total. The molecule has 0 aliphatic rings. The summed E-state index contributed by atoms with van der Waals surface area (Å²) in [4.78, 5) is 0. The number of hydrogen-bond acceptors (Lipinski definition) is 4. The minimum atomic E-state index is -2.74. The molecular weight excluding hydrogens is 218 g/mol. The first-order chi connectivity index (χ1) is 8.83. The Morgan fingerprint density at radius 3 is 2.65 bits per heavy atom. The first-order valence-corrected chi connectivity index (χ1v) is 5.37. The van der Waals surface area contributed by atoms with Crippen LogP contribution in [0, 0.1) is 0 Å². The van der Waals surface area contributed by atoms with Crippen LogP contribution < -0.4 is 5.32 Å². The summed E-state index contributed by atoms with van der Waals surface area (Å²) in [5.74, 6) is -0.430. The van der Waals surface area contributed by atoms with Crippen LogP contribution >= 0.6 is 0 Å². The Morgan fingerprint density at radius 2 is 2.12 bits per heavy atom. The molecule has 1 aromatic carbocycles. The lowest BCUT2D eigenvalue weighted by Crippen LogP contribution is -2.38. The summed E-state index contributed by atoms with van der Waals surface area (Å²) in [7, 11) is 0. The zero-order valence-corrected chi connectivity index (χ0v) is 10.3. The summed E-state index contributed by atoms with van der Waals surface area (Å²) in [6.45, 7) is 2.84. The zero-order valence-electron chi connectivity index (χ0n) is 13.3. The molecule has 1 rings (SSSR count). The van der Waals surface area contributed by atoms with Gasteiger partial charge in [0.15, 0.2) is 0 Å². The third kappa shape index (κ3) is 4.34. The van der Waals surface area contributed by atoms with E-state index in [-0.39, 0.29) is 23.2 Å². The highest BCUT2D eigenvalue weighted by atomic mass is 16.3. The van der Waals surface area contributed by atoms with Gasteiger partial charge in [0.2, 0.25) is 0 Å². The Balaban J connectivity index is 3.07. The molecule has 0 radical (unpaired) electrons. The monoisotopic (exact) mass is 242 g/mol. The Kier molecular flexibility index (Phi) is 3.19. The number of β-amino-alcohol motifs (C(OH)–C–C–N with tert-alkyl or cyclic N) is 1. The van der Waals surface area contributed by atoms with E-state index >= 15 is 0 Å². The van der Waals surface area contributed by atoms with Crippen molar-refractivity contribution in [2.45, 2.75) is 38.9 Å². The summed E-state index contributed by atoms with van der Waals surface area (Å²) >= 11 is 0. The molecule has 4 nitrogen and oxygen atoms in total. The third-order valence-electron chi connectivity index (χ3n) is 2.24. The van der Waals surface area contributed by atoms with Gasteiger partial charge in [-0.1, -0.05) is 6.07 Å². The number of rotatable bonds is 4. The maximum atomic E-state index is 10.1. The summed E-state index contributed by atoms with van der Waals surface area (Å²) in [5.41, 5.74) is -0.586. The summed E-state index contributed by atoms with van der Waals surface area (Å²) < 4.78 is 22.4. The van der Waals surface area contributed by atoms with Crippen LogP contribution in [0.4, 0.5) is 0 Å². The minimum Gasteiger partial charge on any atom is -0.508 e. The Bertz CT molecular complexity index is 479. The van der Waals surface area contributed by atoms with Crippen LogP contribution in [0.25, 0.3) is 0 Å². The van der Waals surface area contributed by atoms with Gasteiger partial charge in [0.25, 0.3) is 0 Å². The van der Waals surface area contributed by atoms with Crippen molar-refractivity contribution in [3.05, 3.63) is 29.3 Å². The van der Waals surface area contributed by atoms with Gasteiger partial charge in [-0.05, 0) is 38.5 Å². The van der Waals surface area contributed by atoms with Gasteiger partial charge in [-0.2, -0.15) is 0 Å². The summed E-state index contributed by atoms with van der Waals surface area (Å²) in [6, 6.07) is 3.56. The van der Waals surface area contributed by atoms with Gasteiger partial charge in [-0.15, -0.1) is 0 Å². The van der Waals surface area contributed by atoms with Crippen molar-refractivity contribution >= 4 is 0 Å². The Morgan fingerprint density at radius 1 is 1.47 bits per heavy atom. The van der Waals surface area contributed by atoms with Gasteiger partial charge in [0.05, 0.1) is 16.8 Å². The van der Waals surface area contributed by atoms with Gasteiger partial charge < -0.3 is 20.6 Å². The average molecular weight is 242 g/mol. The van der Waals surface area contributed by atoms with E-state index in [0.717, 1.165) is 12.1 Å². The van der Waals surface area contributed by atoms with Crippen LogP contribution in [-0.4, -0.2) is 27.4 Å². The minimum absolute atomic E-state index is 0.0743. The van der Waals surface area contributed by atoms with Gasteiger partial charge in [0.1, 0.15) is 5.75 Å². The largest absolute Gasteiger partial charge is 0.508 e. The predicted molar refractivity (Wildman–Crippen MR) is 66.7 cm³/mol. The Hall–Kier alpha value is -1.10. The number of benzene rings is 1. The normalized spacial score (nSPS) is 19.0. The molecule has 0 aromatic heterocycles. The van der Waals surface area contributed by atoms with Crippen LogP contribution in [0.5, 0.6) is 5.75 Å². The van der Waals surface area contributed by atoms with Crippen LogP contribution in [0.3, 0.4) is 0 Å². The number of phenols is 1.